The number of benzene rings is 1. The van der Waals surface area contributed by atoms with Crippen LogP contribution in [0.1, 0.15) is 63.0 Å². The Kier molecular flexibility index (Phi) is 4.23. The lowest BCUT2D eigenvalue weighted by molar-refractivity contribution is -0.00655. The second-order valence-corrected chi connectivity index (χ2v) is 8.40. The monoisotopic (exact) mass is 300 g/mol. The van der Waals surface area contributed by atoms with Crippen LogP contribution in [0.3, 0.4) is 0 Å². The Hall–Kier alpha value is -0.690. The molecule has 2 aliphatic carbocycles. The van der Waals surface area contributed by atoms with Gasteiger partial charge in [0.2, 0.25) is 0 Å². The van der Waals surface area contributed by atoms with Crippen molar-refractivity contribution in [2.24, 2.45) is 5.41 Å². The Bertz CT molecular complexity index is 499. The molecule has 2 aliphatic rings. The second kappa shape index (κ2) is 5.83. The first-order valence-corrected chi connectivity index (χ1v) is 9.65. The van der Waals surface area contributed by atoms with Crippen molar-refractivity contribution in [1.29, 1.82) is 0 Å². The summed E-state index contributed by atoms with van der Waals surface area (Å²) in [5, 5.41) is 0. The lowest BCUT2D eigenvalue weighted by Crippen LogP contribution is -2.51. The predicted molar refractivity (Wildman–Crippen MR) is 94.9 cm³/mol. The topological polar surface area (TPSA) is 0 Å². The number of aryl methyl sites for hydroxylation is 1. The van der Waals surface area contributed by atoms with Gasteiger partial charge in [-0.1, -0.05) is 49.8 Å². The fourth-order valence-electron chi connectivity index (χ4n) is 4.13. The molecule has 1 spiro atoms. The Labute approximate surface area is 134 Å². The van der Waals surface area contributed by atoms with Crippen LogP contribution in [0.5, 0.6) is 0 Å². The summed E-state index contributed by atoms with van der Waals surface area (Å²) in [6.07, 6.45) is 12.9. The minimum atomic E-state index is 0.423. The summed E-state index contributed by atoms with van der Waals surface area (Å²) in [7, 11) is 0. The van der Waals surface area contributed by atoms with E-state index in [9.17, 15) is 0 Å². The van der Waals surface area contributed by atoms with Crippen LogP contribution in [0.2, 0.25) is 0 Å². The van der Waals surface area contributed by atoms with Crippen LogP contribution in [-0.4, -0.2) is 6.26 Å². The third-order valence-electron chi connectivity index (χ3n) is 5.87. The average Bonchev–Trinajstić information content (AvgIpc) is 2.44. The maximum atomic E-state index is 4.11. The van der Waals surface area contributed by atoms with Gasteiger partial charge in [0, 0.05) is 4.75 Å². The standard InChI is InChI=1S/C20H28S/c1-4-16(2)6-7-17-8-10-18(11-9-17)20(21-3)14-19(15-20)12-5-13-19/h8-11H,2,4-7,12-15H2,1,3H3. The number of hydrogen-bond acceptors (Lipinski definition) is 1. The number of allylic oxidation sites excluding steroid dienone is 1. The molecule has 0 radical (unpaired) electrons. The van der Waals surface area contributed by atoms with Crippen molar-refractivity contribution < 1.29 is 0 Å². The van der Waals surface area contributed by atoms with E-state index in [-0.39, 0.29) is 0 Å². The lowest BCUT2D eigenvalue weighted by atomic mass is 9.50. The molecule has 0 nitrogen and oxygen atoms in total. The highest BCUT2D eigenvalue weighted by Crippen LogP contribution is 2.68. The van der Waals surface area contributed by atoms with Gasteiger partial charge in [0.25, 0.3) is 0 Å². The predicted octanol–water partition coefficient (Wildman–Crippen LogP) is 6.11. The SMILES string of the molecule is C=C(CC)CCc1ccc(C2(SC)CC3(CCC3)C2)cc1. The smallest absolute Gasteiger partial charge is 0.0416 e. The van der Waals surface area contributed by atoms with E-state index in [1.165, 1.54) is 43.2 Å². The highest BCUT2D eigenvalue weighted by atomic mass is 32.2. The molecule has 0 amide bonds. The first-order valence-electron chi connectivity index (χ1n) is 8.43. The zero-order valence-electron chi connectivity index (χ0n) is 13.6. The molecular weight excluding hydrogens is 272 g/mol. The summed E-state index contributed by atoms with van der Waals surface area (Å²) >= 11 is 2.08. The summed E-state index contributed by atoms with van der Waals surface area (Å²) in [6.45, 7) is 6.30. The molecule has 1 heteroatoms. The van der Waals surface area contributed by atoms with E-state index >= 15 is 0 Å². The molecule has 21 heavy (non-hydrogen) atoms. The van der Waals surface area contributed by atoms with Crippen molar-refractivity contribution in [3.8, 4) is 0 Å². The molecule has 0 unspecified atom stereocenters. The normalized spacial score (nSPS) is 21.6. The Morgan fingerprint density at radius 2 is 1.86 bits per heavy atom. The number of thioether (sulfide) groups is 1. The Balaban J connectivity index is 1.64. The van der Waals surface area contributed by atoms with Crippen LogP contribution in [0.15, 0.2) is 36.4 Å². The zero-order chi connectivity index (χ0) is 14.9. The minimum absolute atomic E-state index is 0.423. The van der Waals surface area contributed by atoms with Gasteiger partial charge in [0.05, 0.1) is 0 Å². The van der Waals surface area contributed by atoms with Crippen LogP contribution < -0.4 is 0 Å². The van der Waals surface area contributed by atoms with Gasteiger partial charge in [-0.15, -0.1) is 0 Å². The van der Waals surface area contributed by atoms with E-state index in [0.29, 0.717) is 4.75 Å². The van der Waals surface area contributed by atoms with E-state index < -0.39 is 0 Å². The Morgan fingerprint density at radius 3 is 2.33 bits per heavy atom. The lowest BCUT2D eigenvalue weighted by Gasteiger charge is -2.61. The molecule has 0 aromatic heterocycles. The van der Waals surface area contributed by atoms with Gasteiger partial charge in [-0.25, -0.2) is 0 Å². The number of rotatable bonds is 6. The summed E-state index contributed by atoms with van der Waals surface area (Å²) in [6, 6.07) is 9.49. The summed E-state index contributed by atoms with van der Waals surface area (Å²) in [4.78, 5) is 0. The van der Waals surface area contributed by atoms with Gasteiger partial charge in [0.15, 0.2) is 0 Å². The highest BCUT2D eigenvalue weighted by molar-refractivity contribution is 7.99. The van der Waals surface area contributed by atoms with Crippen LogP contribution in [0.4, 0.5) is 0 Å². The molecule has 0 atom stereocenters. The summed E-state index contributed by atoms with van der Waals surface area (Å²) < 4.78 is 0.423. The quantitative estimate of drug-likeness (QED) is 0.571. The summed E-state index contributed by atoms with van der Waals surface area (Å²) in [5.74, 6) is 0. The molecule has 1 aromatic carbocycles. The molecule has 3 rings (SSSR count). The van der Waals surface area contributed by atoms with Gasteiger partial charge in [0.1, 0.15) is 0 Å². The molecule has 0 N–H and O–H groups in total. The minimum Gasteiger partial charge on any atom is -0.154 e. The maximum absolute atomic E-state index is 4.11. The first-order chi connectivity index (χ1) is 10.1. The molecule has 0 aliphatic heterocycles. The zero-order valence-corrected chi connectivity index (χ0v) is 14.4. The van der Waals surface area contributed by atoms with Crippen molar-refractivity contribution in [2.75, 3.05) is 6.26 Å². The van der Waals surface area contributed by atoms with Gasteiger partial charge in [-0.2, -0.15) is 11.8 Å². The average molecular weight is 301 g/mol. The molecule has 2 fully saturated rings. The van der Waals surface area contributed by atoms with Crippen molar-refractivity contribution in [1.82, 2.24) is 0 Å². The molecule has 0 bridgehead atoms. The highest BCUT2D eigenvalue weighted by Gasteiger charge is 2.57. The van der Waals surface area contributed by atoms with Crippen molar-refractivity contribution in [3.63, 3.8) is 0 Å². The molecule has 1 aromatic rings. The van der Waals surface area contributed by atoms with Gasteiger partial charge < -0.3 is 0 Å². The van der Waals surface area contributed by atoms with Crippen LogP contribution in [0.25, 0.3) is 0 Å². The fraction of sp³-hybridized carbons (Fsp3) is 0.600. The van der Waals surface area contributed by atoms with E-state index in [4.69, 9.17) is 0 Å². The largest absolute Gasteiger partial charge is 0.154 e. The Morgan fingerprint density at radius 1 is 1.19 bits per heavy atom. The van der Waals surface area contributed by atoms with Gasteiger partial charge in [-0.05, 0) is 67.7 Å². The molecule has 0 heterocycles. The first kappa shape index (κ1) is 15.2. The second-order valence-electron chi connectivity index (χ2n) is 7.21. The van der Waals surface area contributed by atoms with E-state index in [0.717, 1.165) is 24.7 Å². The van der Waals surface area contributed by atoms with Crippen LogP contribution in [-0.2, 0) is 11.2 Å². The third kappa shape index (κ3) is 2.82. The fourth-order valence-corrected chi connectivity index (χ4v) is 5.40. The molecule has 114 valence electrons. The van der Waals surface area contributed by atoms with E-state index in [1.54, 1.807) is 5.56 Å². The van der Waals surface area contributed by atoms with Gasteiger partial charge >= 0.3 is 0 Å². The molecule has 0 saturated heterocycles. The maximum Gasteiger partial charge on any atom is 0.0416 e. The van der Waals surface area contributed by atoms with Crippen LogP contribution in [0, 0.1) is 5.41 Å². The third-order valence-corrected chi connectivity index (χ3v) is 7.18. The van der Waals surface area contributed by atoms with E-state index in [1.807, 2.05) is 0 Å². The molecule has 2 saturated carbocycles. The van der Waals surface area contributed by atoms with Crippen molar-refractivity contribution >= 4 is 11.8 Å². The van der Waals surface area contributed by atoms with Crippen molar-refractivity contribution in [2.45, 2.75) is 63.0 Å². The van der Waals surface area contributed by atoms with Crippen molar-refractivity contribution in [3.05, 3.63) is 47.5 Å². The van der Waals surface area contributed by atoms with Gasteiger partial charge in [-0.3, -0.25) is 0 Å². The molecular formula is C20H28S. The van der Waals surface area contributed by atoms with Crippen LogP contribution >= 0.6 is 11.8 Å². The number of hydrogen-bond donors (Lipinski definition) is 0. The van der Waals surface area contributed by atoms with E-state index in [2.05, 4.69) is 55.8 Å². The summed E-state index contributed by atoms with van der Waals surface area (Å²) in [5.41, 5.74) is 5.12.